The molecule has 5 nitrogen and oxygen atoms in total. The second-order valence-corrected chi connectivity index (χ2v) is 6.30. The van der Waals surface area contributed by atoms with E-state index in [0.29, 0.717) is 37.5 Å². The lowest BCUT2D eigenvalue weighted by molar-refractivity contribution is -0.145. The first-order valence-electron chi connectivity index (χ1n) is 8.43. The summed E-state index contributed by atoms with van der Waals surface area (Å²) in [6.07, 6.45) is 0.947. The van der Waals surface area contributed by atoms with Gasteiger partial charge in [0.25, 0.3) is 0 Å². The number of nitrogens with one attached hydrogen (secondary N) is 1. The molecule has 2 aromatic rings. The zero-order valence-corrected chi connectivity index (χ0v) is 14.5. The molecule has 136 valence electrons. The lowest BCUT2D eigenvalue weighted by atomic mass is 9.74. The number of amides is 1. The van der Waals surface area contributed by atoms with Crippen LogP contribution in [0.5, 0.6) is 5.75 Å². The third-order valence-electron chi connectivity index (χ3n) is 4.52. The molecule has 26 heavy (non-hydrogen) atoms. The molecule has 1 N–H and O–H groups in total. The Labute approximate surface area is 151 Å². The van der Waals surface area contributed by atoms with Gasteiger partial charge in [-0.25, -0.2) is 4.39 Å². The minimum atomic E-state index is -0.859. The van der Waals surface area contributed by atoms with Crippen molar-refractivity contribution in [1.29, 1.82) is 0 Å². The summed E-state index contributed by atoms with van der Waals surface area (Å²) in [5, 5.41) is 2.66. The van der Waals surface area contributed by atoms with E-state index < -0.39 is 5.41 Å². The van der Waals surface area contributed by atoms with Crippen LogP contribution in [-0.4, -0.2) is 25.1 Å². The predicted molar refractivity (Wildman–Crippen MR) is 94.5 cm³/mol. The molecule has 1 aliphatic rings. The van der Waals surface area contributed by atoms with Gasteiger partial charge < -0.3 is 14.8 Å². The van der Waals surface area contributed by atoms with Crippen molar-refractivity contribution < 1.29 is 23.5 Å². The zero-order chi connectivity index (χ0) is 18.6. The number of ether oxygens (including phenoxy) is 2. The first-order chi connectivity index (χ1) is 12.5. The highest BCUT2D eigenvalue weighted by molar-refractivity contribution is 5.89. The van der Waals surface area contributed by atoms with Crippen LogP contribution in [0.4, 0.5) is 10.1 Å². The van der Waals surface area contributed by atoms with E-state index in [0.717, 1.165) is 5.56 Å². The maximum Gasteiger partial charge on any atom is 0.322 e. The van der Waals surface area contributed by atoms with Crippen molar-refractivity contribution in [1.82, 2.24) is 0 Å². The largest absolute Gasteiger partial charge is 0.426 e. The van der Waals surface area contributed by atoms with E-state index in [1.54, 1.807) is 36.4 Å². The number of anilines is 1. The SMILES string of the molecule is CC(=O)Nc1ccc(OC(=O)C2(c3ccc(F)cc3)CCOCC2)cc1. The fourth-order valence-electron chi connectivity index (χ4n) is 3.11. The number of benzene rings is 2. The Morgan fingerprint density at radius 3 is 2.23 bits per heavy atom. The van der Waals surface area contributed by atoms with E-state index >= 15 is 0 Å². The Balaban J connectivity index is 1.82. The Morgan fingerprint density at radius 1 is 1.04 bits per heavy atom. The van der Waals surface area contributed by atoms with Gasteiger partial charge >= 0.3 is 5.97 Å². The summed E-state index contributed by atoms with van der Waals surface area (Å²) < 4.78 is 24.3. The van der Waals surface area contributed by atoms with Crippen molar-refractivity contribution in [3.8, 4) is 5.75 Å². The maximum atomic E-state index is 13.3. The molecule has 0 aliphatic carbocycles. The van der Waals surface area contributed by atoms with Crippen LogP contribution in [0.2, 0.25) is 0 Å². The van der Waals surface area contributed by atoms with Crippen LogP contribution in [0.1, 0.15) is 25.3 Å². The summed E-state index contributed by atoms with van der Waals surface area (Å²) in [6, 6.07) is 12.5. The van der Waals surface area contributed by atoms with E-state index in [1.807, 2.05) is 0 Å². The fraction of sp³-hybridized carbons (Fsp3) is 0.300. The first-order valence-corrected chi connectivity index (χ1v) is 8.43. The quantitative estimate of drug-likeness (QED) is 0.672. The highest BCUT2D eigenvalue weighted by Crippen LogP contribution is 2.36. The number of hydrogen-bond acceptors (Lipinski definition) is 4. The maximum absolute atomic E-state index is 13.3. The summed E-state index contributed by atoms with van der Waals surface area (Å²) >= 11 is 0. The Morgan fingerprint density at radius 2 is 1.65 bits per heavy atom. The fourth-order valence-corrected chi connectivity index (χ4v) is 3.11. The van der Waals surface area contributed by atoms with Crippen LogP contribution >= 0.6 is 0 Å². The summed E-state index contributed by atoms with van der Waals surface area (Å²) in [5.74, 6) is -0.526. The van der Waals surface area contributed by atoms with Gasteiger partial charge in [-0.2, -0.15) is 0 Å². The lowest BCUT2D eigenvalue weighted by Crippen LogP contribution is -2.44. The monoisotopic (exact) mass is 357 g/mol. The molecule has 0 atom stereocenters. The Kier molecular flexibility index (Phi) is 5.32. The molecule has 6 heteroatoms. The second kappa shape index (κ2) is 7.66. The van der Waals surface area contributed by atoms with E-state index in [-0.39, 0.29) is 17.7 Å². The van der Waals surface area contributed by atoms with E-state index in [4.69, 9.17) is 9.47 Å². The number of hydrogen-bond donors (Lipinski definition) is 1. The number of esters is 1. The van der Waals surface area contributed by atoms with Crippen LogP contribution in [0.15, 0.2) is 48.5 Å². The molecule has 3 rings (SSSR count). The minimum Gasteiger partial charge on any atom is -0.426 e. The van der Waals surface area contributed by atoms with Gasteiger partial charge in [0.15, 0.2) is 0 Å². The first kappa shape index (κ1) is 18.1. The molecule has 0 bridgehead atoms. The van der Waals surface area contributed by atoms with E-state index in [1.165, 1.54) is 19.1 Å². The molecule has 1 amide bonds. The zero-order valence-electron chi connectivity index (χ0n) is 14.5. The van der Waals surface area contributed by atoms with Crippen molar-refractivity contribution >= 4 is 17.6 Å². The minimum absolute atomic E-state index is 0.174. The number of carbonyl (C=O) groups excluding carboxylic acids is 2. The molecule has 1 fully saturated rings. The molecular weight excluding hydrogens is 337 g/mol. The predicted octanol–water partition coefficient (Wildman–Crippen LogP) is 3.44. The van der Waals surface area contributed by atoms with Gasteiger partial charge in [-0.1, -0.05) is 12.1 Å². The van der Waals surface area contributed by atoms with Crippen LogP contribution in [-0.2, 0) is 19.7 Å². The normalized spacial score (nSPS) is 15.9. The molecule has 0 unspecified atom stereocenters. The second-order valence-electron chi connectivity index (χ2n) is 6.30. The number of halogens is 1. The lowest BCUT2D eigenvalue weighted by Gasteiger charge is -2.35. The van der Waals surface area contributed by atoms with Crippen LogP contribution in [0, 0.1) is 5.82 Å². The standard InChI is InChI=1S/C20H20FNO4/c1-14(23)22-17-6-8-18(9-7-17)26-19(24)20(10-12-25-13-11-20)15-2-4-16(21)5-3-15/h2-9H,10-13H2,1H3,(H,22,23). The van der Waals surface area contributed by atoms with Gasteiger partial charge in [-0.15, -0.1) is 0 Å². The molecule has 2 aromatic carbocycles. The highest BCUT2D eigenvalue weighted by atomic mass is 19.1. The van der Waals surface area contributed by atoms with Gasteiger partial charge in [0.05, 0.1) is 5.41 Å². The molecule has 0 radical (unpaired) electrons. The Hall–Kier alpha value is -2.73. The van der Waals surface area contributed by atoms with E-state index in [9.17, 15) is 14.0 Å². The molecule has 1 saturated heterocycles. The van der Waals surface area contributed by atoms with Crippen LogP contribution in [0.3, 0.4) is 0 Å². The molecule has 0 saturated carbocycles. The summed E-state index contributed by atoms with van der Waals surface area (Å²) in [6.45, 7) is 2.30. The van der Waals surface area contributed by atoms with Gasteiger partial charge in [0, 0.05) is 25.8 Å². The molecule has 1 heterocycles. The van der Waals surface area contributed by atoms with Crippen LogP contribution < -0.4 is 10.1 Å². The third-order valence-corrected chi connectivity index (χ3v) is 4.52. The van der Waals surface area contributed by atoms with Crippen molar-refractivity contribution in [3.05, 3.63) is 59.9 Å². The Bertz CT molecular complexity index is 780. The molecule has 0 spiro atoms. The number of rotatable bonds is 4. The number of carbonyl (C=O) groups is 2. The molecule has 0 aromatic heterocycles. The summed E-state index contributed by atoms with van der Waals surface area (Å²) in [4.78, 5) is 24.1. The molecule has 1 aliphatic heterocycles. The average molecular weight is 357 g/mol. The topological polar surface area (TPSA) is 64.6 Å². The van der Waals surface area contributed by atoms with E-state index in [2.05, 4.69) is 5.32 Å². The average Bonchev–Trinajstić information content (AvgIpc) is 2.64. The smallest absolute Gasteiger partial charge is 0.322 e. The summed E-state index contributed by atoms with van der Waals surface area (Å²) in [5.41, 5.74) is 0.487. The van der Waals surface area contributed by atoms with Crippen molar-refractivity contribution in [2.24, 2.45) is 0 Å². The molecular formula is C20H20FNO4. The van der Waals surface area contributed by atoms with Crippen LogP contribution in [0.25, 0.3) is 0 Å². The van der Waals surface area contributed by atoms with Gasteiger partial charge in [-0.3, -0.25) is 9.59 Å². The summed E-state index contributed by atoms with van der Waals surface area (Å²) in [7, 11) is 0. The van der Waals surface area contributed by atoms with Crippen molar-refractivity contribution in [2.45, 2.75) is 25.2 Å². The van der Waals surface area contributed by atoms with Gasteiger partial charge in [0.2, 0.25) is 5.91 Å². The third kappa shape index (κ3) is 3.91. The van der Waals surface area contributed by atoms with Crippen molar-refractivity contribution in [3.63, 3.8) is 0 Å². The van der Waals surface area contributed by atoms with Gasteiger partial charge in [-0.05, 0) is 54.8 Å². The highest BCUT2D eigenvalue weighted by Gasteiger charge is 2.43. The van der Waals surface area contributed by atoms with Gasteiger partial charge in [0.1, 0.15) is 11.6 Å². The van der Waals surface area contributed by atoms with Crippen molar-refractivity contribution in [2.75, 3.05) is 18.5 Å².